The molecule has 0 heterocycles. The number of hydrogen-bond donors (Lipinski definition) is 1. The van der Waals surface area contributed by atoms with Gasteiger partial charge in [-0.3, -0.25) is 4.18 Å². The Morgan fingerprint density at radius 1 is 0.604 bits per heavy atom. The summed E-state index contributed by atoms with van der Waals surface area (Å²) in [6.45, 7) is 2.58. The van der Waals surface area contributed by atoms with E-state index in [-0.39, 0.29) is 44.5 Å². The minimum absolute atomic E-state index is 0.0452. The van der Waals surface area contributed by atoms with Gasteiger partial charge in [0.05, 0.1) is 64.9 Å². The lowest BCUT2D eigenvalue weighted by Crippen LogP contribution is -2.58. The van der Waals surface area contributed by atoms with Gasteiger partial charge >= 0.3 is 0 Å². The molecule has 5 rings (SSSR count). The average Bonchev–Trinajstić information content (AvgIpc) is 3.19. The zero-order valence-corrected chi connectivity index (χ0v) is 31.5. The first-order chi connectivity index (χ1) is 25.7. The monoisotopic (exact) mass is 750 g/mol. The number of aliphatic hydroxyl groups is 1. The van der Waals surface area contributed by atoms with E-state index in [0.717, 1.165) is 39.5 Å². The summed E-state index contributed by atoms with van der Waals surface area (Å²) >= 11 is 0. The van der Waals surface area contributed by atoms with Crippen LogP contribution in [0.1, 0.15) is 35.1 Å². The first kappa shape index (κ1) is 40.2. The second-order valence-corrected chi connectivity index (χ2v) is 14.5. The van der Waals surface area contributed by atoms with Crippen molar-refractivity contribution < 1.29 is 50.9 Å². The molecule has 0 saturated heterocycles. The van der Waals surface area contributed by atoms with Crippen LogP contribution in [0.3, 0.4) is 0 Å². The van der Waals surface area contributed by atoms with Gasteiger partial charge in [-0.2, -0.15) is 8.42 Å². The van der Waals surface area contributed by atoms with E-state index in [0.29, 0.717) is 12.8 Å². The first-order valence-electron chi connectivity index (χ1n) is 17.6. The number of aliphatic hydroxyl groups excluding tert-OH is 1. The molecule has 1 aliphatic rings. The number of hydrogen-bond acceptors (Lipinski definition) is 11. The number of benzene rings is 4. The molecule has 12 heteroatoms. The average molecular weight is 751 g/mol. The zero-order valence-electron chi connectivity index (χ0n) is 30.7. The summed E-state index contributed by atoms with van der Waals surface area (Å²) in [5, 5.41) is 9.59. The molecule has 11 nitrogen and oxygen atoms in total. The molecule has 1 saturated carbocycles. The number of rotatable bonds is 20. The maximum absolute atomic E-state index is 13.4. The highest BCUT2D eigenvalue weighted by atomic mass is 32.2. The second kappa shape index (κ2) is 19.9. The van der Waals surface area contributed by atoms with Crippen molar-refractivity contribution in [1.82, 2.24) is 0 Å². The Kier molecular flexibility index (Phi) is 15.1. The Bertz CT molecular complexity index is 1760. The van der Waals surface area contributed by atoms with Crippen LogP contribution in [0.4, 0.5) is 0 Å². The van der Waals surface area contributed by atoms with Crippen molar-refractivity contribution in [1.29, 1.82) is 0 Å². The summed E-state index contributed by atoms with van der Waals surface area (Å²) in [6, 6.07) is 29.3. The molecule has 0 amide bonds. The maximum atomic E-state index is 13.4. The van der Waals surface area contributed by atoms with Crippen molar-refractivity contribution in [3.05, 3.63) is 119 Å². The Labute approximate surface area is 312 Å². The molecule has 1 N–H and O–H groups in total. The van der Waals surface area contributed by atoms with Gasteiger partial charge in [0.2, 0.25) is 0 Å². The lowest BCUT2D eigenvalue weighted by atomic mass is 9.80. The van der Waals surface area contributed by atoms with Crippen LogP contribution < -0.4 is 14.2 Å². The van der Waals surface area contributed by atoms with Gasteiger partial charge in [-0.05, 0) is 85.0 Å². The van der Waals surface area contributed by atoms with Crippen LogP contribution in [0.25, 0.3) is 0 Å². The second-order valence-electron chi connectivity index (χ2n) is 12.9. The van der Waals surface area contributed by atoms with E-state index in [1.807, 2.05) is 79.7 Å². The van der Waals surface area contributed by atoms with Crippen LogP contribution in [-0.4, -0.2) is 79.1 Å². The van der Waals surface area contributed by atoms with Crippen LogP contribution in [-0.2, 0) is 53.1 Å². The number of methoxy groups -OCH3 is 3. The van der Waals surface area contributed by atoms with Gasteiger partial charge in [0.1, 0.15) is 29.5 Å². The molecule has 0 spiro atoms. The molecule has 5 atom stereocenters. The standard InChI is InChI=1S/C41H50O11S/c1-29-6-20-37(21-7-29)53(43,44)52-28-33-24-38(48-23-5-22-42)40(50-26-31-10-16-35(46-3)17-11-31)41(51-27-32-12-18-36(47-4)19-13-32)39(33)49-25-30-8-14-34(45-2)15-9-30/h6-21,33,38-42H,5,22-28H2,1-4H3/t33-,38-,39-,40+,41+/m1/s1. The summed E-state index contributed by atoms with van der Waals surface area (Å²) in [5.41, 5.74) is 3.64. The fourth-order valence-electron chi connectivity index (χ4n) is 6.17. The molecule has 53 heavy (non-hydrogen) atoms. The molecule has 0 unspecified atom stereocenters. The predicted molar refractivity (Wildman–Crippen MR) is 199 cm³/mol. The Balaban J connectivity index is 1.48. The van der Waals surface area contributed by atoms with Crippen molar-refractivity contribution in [2.45, 2.75) is 68.9 Å². The molecule has 0 radical (unpaired) electrons. The normalized spacial score (nSPS) is 20.2. The van der Waals surface area contributed by atoms with E-state index in [2.05, 4.69) is 0 Å². The Hall–Kier alpha value is -4.01. The van der Waals surface area contributed by atoms with Gasteiger partial charge < -0.3 is 38.3 Å². The highest BCUT2D eigenvalue weighted by Crippen LogP contribution is 2.36. The van der Waals surface area contributed by atoms with E-state index in [9.17, 15) is 13.5 Å². The summed E-state index contributed by atoms with van der Waals surface area (Å²) < 4.78 is 75.2. The number of aryl methyl sites for hydroxylation is 1. The van der Waals surface area contributed by atoms with Gasteiger partial charge in [-0.1, -0.05) is 54.1 Å². The molecule has 1 fully saturated rings. The van der Waals surface area contributed by atoms with Crippen LogP contribution in [0, 0.1) is 12.8 Å². The molecule has 0 aromatic heterocycles. The quantitative estimate of drug-likeness (QED) is 0.0811. The third-order valence-electron chi connectivity index (χ3n) is 9.20. The Morgan fingerprint density at radius 2 is 1.06 bits per heavy atom. The largest absolute Gasteiger partial charge is 0.497 e. The molecule has 1 aliphatic carbocycles. The summed E-state index contributed by atoms with van der Waals surface area (Å²) in [7, 11) is 0.743. The van der Waals surface area contributed by atoms with Crippen molar-refractivity contribution in [2.24, 2.45) is 5.92 Å². The van der Waals surface area contributed by atoms with Crippen LogP contribution in [0.2, 0.25) is 0 Å². The fourth-order valence-corrected chi connectivity index (χ4v) is 7.13. The van der Waals surface area contributed by atoms with Crippen molar-refractivity contribution in [3.8, 4) is 17.2 Å². The highest BCUT2D eigenvalue weighted by Gasteiger charge is 2.48. The molecule has 4 aromatic carbocycles. The number of ether oxygens (including phenoxy) is 7. The van der Waals surface area contributed by atoms with Gasteiger partial charge in [-0.25, -0.2) is 0 Å². The highest BCUT2D eigenvalue weighted by molar-refractivity contribution is 7.86. The van der Waals surface area contributed by atoms with Crippen LogP contribution >= 0.6 is 0 Å². The van der Waals surface area contributed by atoms with Gasteiger partial charge in [0.25, 0.3) is 10.1 Å². The van der Waals surface area contributed by atoms with Crippen molar-refractivity contribution in [2.75, 3.05) is 41.2 Å². The molecule has 4 aromatic rings. The summed E-state index contributed by atoms with van der Waals surface area (Å²) in [5.74, 6) is 1.67. The molecular formula is C41H50O11S. The third kappa shape index (κ3) is 11.5. The van der Waals surface area contributed by atoms with Crippen molar-refractivity contribution >= 4 is 10.1 Å². The third-order valence-corrected chi connectivity index (χ3v) is 10.5. The molecular weight excluding hydrogens is 701 g/mol. The first-order valence-corrected chi connectivity index (χ1v) is 19.1. The minimum Gasteiger partial charge on any atom is -0.497 e. The zero-order chi connectivity index (χ0) is 37.6. The van der Waals surface area contributed by atoms with Crippen LogP contribution in [0.5, 0.6) is 17.2 Å². The smallest absolute Gasteiger partial charge is 0.296 e. The Morgan fingerprint density at radius 3 is 1.51 bits per heavy atom. The molecule has 0 bridgehead atoms. The lowest BCUT2D eigenvalue weighted by Gasteiger charge is -2.46. The van der Waals surface area contributed by atoms with Gasteiger partial charge in [0, 0.05) is 19.1 Å². The van der Waals surface area contributed by atoms with Crippen molar-refractivity contribution in [3.63, 3.8) is 0 Å². The van der Waals surface area contributed by atoms with E-state index in [1.54, 1.807) is 33.5 Å². The van der Waals surface area contributed by atoms with Gasteiger partial charge in [0.15, 0.2) is 0 Å². The summed E-state index contributed by atoms with van der Waals surface area (Å²) in [6.07, 6.45) is -1.83. The molecule has 0 aliphatic heterocycles. The van der Waals surface area contributed by atoms with E-state index in [4.69, 9.17) is 37.3 Å². The fraction of sp³-hybridized carbons (Fsp3) is 0.415. The lowest BCUT2D eigenvalue weighted by molar-refractivity contribution is -0.230. The van der Waals surface area contributed by atoms with Gasteiger partial charge in [-0.15, -0.1) is 0 Å². The predicted octanol–water partition coefficient (Wildman–Crippen LogP) is 6.27. The minimum atomic E-state index is -4.10. The SMILES string of the molecule is COc1ccc(CO[C@H]2[C@H](OCc3ccc(OC)cc3)[C@@H](COS(=O)(=O)c3ccc(C)cc3)C[C@@H](OCCCO)[C@@H]2OCc2ccc(OC)cc2)cc1. The van der Waals surface area contributed by atoms with Crippen LogP contribution in [0.15, 0.2) is 102 Å². The van der Waals surface area contributed by atoms with E-state index < -0.39 is 40.5 Å². The maximum Gasteiger partial charge on any atom is 0.296 e. The summed E-state index contributed by atoms with van der Waals surface area (Å²) in [4.78, 5) is 0.0679. The molecule has 286 valence electrons. The van der Waals surface area contributed by atoms with E-state index in [1.165, 1.54) is 12.1 Å². The topological polar surface area (TPSA) is 128 Å². The van der Waals surface area contributed by atoms with E-state index >= 15 is 0 Å².